The van der Waals surface area contributed by atoms with Gasteiger partial charge in [0, 0.05) is 31.0 Å². The number of carbonyl (C=O) groups is 2. The van der Waals surface area contributed by atoms with E-state index in [-0.39, 0.29) is 17.0 Å². The highest BCUT2D eigenvalue weighted by molar-refractivity contribution is 9.10. The Morgan fingerprint density at radius 3 is 2.44 bits per heavy atom. The number of aromatic nitrogens is 1. The van der Waals surface area contributed by atoms with Crippen LogP contribution in [-0.4, -0.2) is 30.2 Å². The van der Waals surface area contributed by atoms with Gasteiger partial charge >= 0.3 is 5.97 Å². The molecule has 11 heteroatoms. The lowest BCUT2D eigenvalue weighted by atomic mass is 10.0. The normalized spacial score (nSPS) is 11.1. The molecule has 0 aliphatic heterocycles. The second-order valence-corrected chi connectivity index (χ2v) is 10.9. The van der Waals surface area contributed by atoms with Crippen LogP contribution >= 0.6 is 50.7 Å². The molecule has 0 saturated carbocycles. The Labute approximate surface area is 258 Å². The number of ether oxygens (including phenoxy) is 2. The SMILES string of the molecule is COc1ccc(Cl)cc1C(=O)Oc1ccc(Br)cc1C=NNC(=O)c1[nH]c2c(Cl)cc(Cl)cc2c1-c1ccccc1. The highest BCUT2D eigenvalue weighted by Crippen LogP contribution is 2.37. The third kappa shape index (κ3) is 6.26. The maximum absolute atomic E-state index is 13.4. The van der Waals surface area contributed by atoms with Gasteiger partial charge in [-0.05, 0) is 54.1 Å². The van der Waals surface area contributed by atoms with Gasteiger partial charge < -0.3 is 14.5 Å². The van der Waals surface area contributed by atoms with Gasteiger partial charge in [0.25, 0.3) is 5.91 Å². The number of esters is 1. The lowest BCUT2D eigenvalue weighted by Gasteiger charge is -2.11. The Hall–Kier alpha value is -3.82. The molecule has 1 aromatic heterocycles. The highest BCUT2D eigenvalue weighted by atomic mass is 79.9. The van der Waals surface area contributed by atoms with Crippen molar-refractivity contribution in [1.82, 2.24) is 10.4 Å². The second-order valence-electron chi connectivity index (χ2n) is 8.67. The van der Waals surface area contributed by atoms with E-state index < -0.39 is 11.9 Å². The van der Waals surface area contributed by atoms with Crippen molar-refractivity contribution >= 4 is 79.7 Å². The number of hydrazone groups is 1. The smallest absolute Gasteiger partial charge is 0.347 e. The molecule has 41 heavy (non-hydrogen) atoms. The molecule has 0 radical (unpaired) electrons. The van der Waals surface area contributed by atoms with Gasteiger partial charge in [0.05, 0.1) is 23.9 Å². The number of nitrogens with zero attached hydrogens (tertiary/aromatic N) is 1. The van der Waals surface area contributed by atoms with Crippen LogP contribution in [0.25, 0.3) is 22.0 Å². The molecule has 206 valence electrons. The van der Waals surface area contributed by atoms with E-state index in [1.807, 2.05) is 30.3 Å². The quantitative estimate of drug-likeness (QED) is 0.0785. The van der Waals surface area contributed by atoms with E-state index in [9.17, 15) is 9.59 Å². The molecule has 0 spiro atoms. The molecule has 1 amide bonds. The largest absolute Gasteiger partial charge is 0.496 e. The zero-order valence-corrected chi connectivity index (χ0v) is 25.0. The van der Waals surface area contributed by atoms with E-state index >= 15 is 0 Å². The molecule has 0 aliphatic carbocycles. The van der Waals surface area contributed by atoms with Crippen molar-refractivity contribution < 1.29 is 19.1 Å². The van der Waals surface area contributed by atoms with E-state index in [0.717, 1.165) is 5.56 Å². The number of hydrogen-bond donors (Lipinski definition) is 2. The third-order valence-electron chi connectivity index (χ3n) is 6.04. The molecule has 0 fully saturated rings. The molecule has 4 aromatic carbocycles. The van der Waals surface area contributed by atoms with Gasteiger partial charge in [0.15, 0.2) is 0 Å². The minimum atomic E-state index is -0.675. The lowest BCUT2D eigenvalue weighted by molar-refractivity contribution is 0.0730. The first kappa shape index (κ1) is 28.7. The summed E-state index contributed by atoms with van der Waals surface area (Å²) in [6.07, 6.45) is 1.37. The van der Waals surface area contributed by atoms with Crippen LogP contribution in [0.1, 0.15) is 26.4 Å². The van der Waals surface area contributed by atoms with Crippen LogP contribution in [0, 0.1) is 0 Å². The fourth-order valence-corrected chi connectivity index (χ4v) is 5.31. The summed E-state index contributed by atoms with van der Waals surface area (Å²) in [6, 6.07) is 22.4. The number of aromatic amines is 1. The molecule has 0 bridgehead atoms. The molecular formula is C30H19BrCl3N3O4. The van der Waals surface area contributed by atoms with Crippen molar-refractivity contribution in [3.05, 3.63) is 115 Å². The average Bonchev–Trinajstić information content (AvgIpc) is 3.34. The summed E-state index contributed by atoms with van der Waals surface area (Å²) in [6.45, 7) is 0. The van der Waals surface area contributed by atoms with Gasteiger partial charge in [-0.1, -0.05) is 81.1 Å². The molecule has 0 unspecified atom stereocenters. The van der Waals surface area contributed by atoms with Gasteiger partial charge in [0.2, 0.25) is 0 Å². The molecular weight excluding hydrogens is 653 g/mol. The number of hydrogen-bond acceptors (Lipinski definition) is 5. The summed E-state index contributed by atoms with van der Waals surface area (Å²) in [5.41, 5.74) is 5.37. The topological polar surface area (TPSA) is 92.8 Å². The van der Waals surface area contributed by atoms with Crippen LogP contribution in [0.2, 0.25) is 15.1 Å². The third-order valence-corrected chi connectivity index (χ3v) is 7.28. The number of fused-ring (bicyclic) bond motifs is 1. The zero-order valence-electron chi connectivity index (χ0n) is 21.2. The molecule has 1 heterocycles. The Bertz CT molecular complexity index is 1820. The Balaban J connectivity index is 1.44. The molecule has 7 nitrogen and oxygen atoms in total. The number of halogens is 4. The number of methoxy groups -OCH3 is 1. The molecule has 5 aromatic rings. The van der Waals surface area contributed by atoms with E-state index in [0.29, 0.717) is 47.3 Å². The molecule has 5 rings (SSSR count). The maximum atomic E-state index is 13.4. The number of H-pyrrole nitrogens is 1. The van der Waals surface area contributed by atoms with Crippen molar-refractivity contribution in [2.75, 3.05) is 7.11 Å². The molecule has 0 saturated heterocycles. The lowest BCUT2D eigenvalue weighted by Crippen LogP contribution is -2.19. The van der Waals surface area contributed by atoms with E-state index in [1.54, 1.807) is 42.5 Å². The fraction of sp³-hybridized carbons (Fsp3) is 0.0333. The van der Waals surface area contributed by atoms with E-state index in [2.05, 4.69) is 31.4 Å². The summed E-state index contributed by atoms with van der Waals surface area (Å²) in [5, 5.41) is 6.00. The average molecular weight is 672 g/mol. The van der Waals surface area contributed by atoms with Gasteiger partial charge in [-0.15, -0.1) is 0 Å². The van der Waals surface area contributed by atoms with Gasteiger partial charge in [-0.25, -0.2) is 10.2 Å². The first-order valence-electron chi connectivity index (χ1n) is 12.0. The maximum Gasteiger partial charge on any atom is 0.347 e. The van der Waals surface area contributed by atoms with Crippen molar-refractivity contribution in [1.29, 1.82) is 0 Å². The molecule has 2 N–H and O–H groups in total. The number of amides is 1. The van der Waals surface area contributed by atoms with Crippen LogP contribution in [-0.2, 0) is 0 Å². The number of rotatable bonds is 7. The minimum Gasteiger partial charge on any atom is -0.496 e. The molecule has 0 aliphatic rings. The van der Waals surface area contributed by atoms with E-state index in [1.165, 1.54) is 19.4 Å². The van der Waals surface area contributed by atoms with Gasteiger partial charge in [-0.2, -0.15) is 5.10 Å². The van der Waals surface area contributed by atoms with Crippen molar-refractivity contribution in [2.24, 2.45) is 5.10 Å². The Kier molecular flexibility index (Phi) is 8.65. The predicted molar refractivity (Wildman–Crippen MR) is 166 cm³/mol. The Morgan fingerprint density at radius 1 is 0.927 bits per heavy atom. The highest BCUT2D eigenvalue weighted by Gasteiger charge is 2.21. The summed E-state index contributed by atoms with van der Waals surface area (Å²) < 4.78 is 11.6. The van der Waals surface area contributed by atoms with Crippen molar-refractivity contribution in [3.8, 4) is 22.6 Å². The summed E-state index contributed by atoms with van der Waals surface area (Å²) in [5.74, 6) is -0.671. The number of carbonyl (C=O) groups excluding carboxylic acids is 2. The Morgan fingerprint density at radius 2 is 1.68 bits per heavy atom. The van der Waals surface area contributed by atoms with Gasteiger partial charge in [-0.3, -0.25) is 4.79 Å². The van der Waals surface area contributed by atoms with Crippen LogP contribution in [0.3, 0.4) is 0 Å². The van der Waals surface area contributed by atoms with Crippen LogP contribution < -0.4 is 14.9 Å². The predicted octanol–water partition coefficient (Wildman–Crippen LogP) is 8.55. The van der Waals surface area contributed by atoms with Gasteiger partial charge in [0.1, 0.15) is 22.8 Å². The standard InChI is InChI=1S/C30H19BrCl3N3O4/c1-40-25-10-8-19(32)12-21(25)30(39)41-24-9-7-18(31)11-17(24)15-35-37-29(38)28-26(16-5-3-2-4-6-16)22-13-20(33)14-23(34)27(22)36-28/h2-15,36H,1H3,(H,37,38). The van der Waals surface area contributed by atoms with E-state index in [4.69, 9.17) is 44.3 Å². The van der Waals surface area contributed by atoms with Crippen molar-refractivity contribution in [2.45, 2.75) is 0 Å². The van der Waals surface area contributed by atoms with Crippen LogP contribution in [0.5, 0.6) is 11.5 Å². The monoisotopic (exact) mass is 669 g/mol. The number of nitrogens with one attached hydrogen (secondary N) is 2. The minimum absolute atomic E-state index is 0.158. The first-order valence-corrected chi connectivity index (χ1v) is 13.9. The second kappa shape index (κ2) is 12.4. The fourth-order valence-electron chi connectivity index (χ4n) is 4.22. The molecule has 0 atom stereocenters. The summed E-state index contributed by atoms with van der Waals surface area (Å²) in [7, 11) is 1.44. The van der Waals surface area contributed by atoms with Crippen LogP contribution in [0.15, 0.2) is 88.4 Å². The first-order chi connectivity index (χ1) is 19.7. The summed E-state index contributed by atoms with van der Waals surface area (Å²) in [4.78, 5) is 29.4. The van der Waals surface area contributed by atoms with Crippen LogP contribution in [0.4, 0.5) is 0 Å². The zero-order chi connectivity index (χ0) is 29.1. The summed E-state index contributed by atoms with van der Waals surface area (Å²) >= 11 is 22.2. The number of benzene rings is 4. The van der Waals surface area contributed by atoms with Crippen molar-refractivity contribution in [3.63, 3.8) is 0 Å².